The number of nitrogens with zero attached hydrogens (tertiary/aromatic N) is 1. The second-order valence-electron chi connectivity index (χ2n) is 5.49. The minimum absolute atomic E-state index is 0.121. The predicted molar refractivity (Wildman–Crippen MR) is 78.7 cm³/mol. The second kappa shape index (κ2) is 7.61. The Morgan fingerprint density at radius 1 is 1.26 bits per heavy atom. The molecule has 7 heteroatoms. The summed E-state index contributed by atoms with van der Waals surface area (Å²) < 4.78 is 44.7. The van der Waals surface area contributed by atoms with Gasteiger partial charge in [0.15, 0.2) is 0 Å². The molecule has 0 saturated carbocycles. The molecular weight excluding hydrogens is 309 g/mol. The fourth-order valence-electron chi connectivity index (χ4n) is 2.37. The van der Waals surface area contributed by atoms with Gasteiger partial charge < -0.3 is 14.8 Å². The third-order valence-electron chi connectivity index (χ3n) is 3.52. The standard InChI is InChI=1S/C16H19F3N2O2/c1-11(9-13(22)14-3-2-8-23-14)21-15(16(17,18)19)10-12-4-6-20-7-5-12/h2-8,11,13,15,21-22H,9-10H2,1H3. The highest BCUT2D eigenvalue weighted by Gasteiger charge is 2.40. The summed E-state index contributed by atoms with van der Waals surface area (Å²) in [7, 11) is 0. The molecule has 0 radical (unpaired) electrons. The molecule has 3 unspecified atom stereocenters. The highest BCUT2D eigenvalue weighted by atomic mass is 19.4. The van der Waals surface area contributed by atoms with Crippen LogP contribution in [0.2, 0.25) is 0 Å². The first-order valence-electron chi connectivity index (χ1n) is 7.29. The Labute approximate surface area is 132 Å². The average Bonchev–Trinajstić information content (AvgIpc) is 3.01. The summed E-state index contributed by atoms with van der Waals surface area (Å²) in [5, 5.41) is 12.5. The van der Waals surface area contributed by atoms with E-state index in [0.717, 1.165) is 0 Å². The Morgan fingerprint density at radius 2 is 1.96 bits per heavy atom. The van der Waals surface area contributed by atoms with E-state index in [1.54, 1.807) is 31.2 Å². The first-order chi connectivity index (χ1) is 10.9. The van der Waals surface area contributed by atoms with Crippen molar-refractivity contribution in [1.82, 2.24) is 10.3 Å². The number of aliphatic hydroxyl groups is 1. The van der Waals surface area contributed by atoms with E-state index in [1.807, 2.05) is 0 Å². The molecule has 0 saturated heterocycles. The van der Waals surface area contributed by atoms with Gasteiger partial charge in [-0.15, -0.1) is 0 Å². The zero-order valence-electron chi connectivity index (χ0n) is 12.6. The van der Waals surface area contributed by atoms with Crippen LogP contribution in [0.15, 0.2) is 47.3 Å². The zero-order chi connectivity index (χ0) is 16.9. The van der Waals surface area contributed by atoms with Gasteiger partial charge in [-0.25, -0.2) is 0 Å². The maximum absolute atomic E-state index is 13.2. The molecule has 0 bridgehead atoms. The van der Waals surface area contributed by atoms with Crippen LogP contribution in [0.1, 0.15) is 30.8 Å². The third kappa shape index (κ3) is 5.37. The summed E-state index contributed by atoms with van der Waals surface area (Å²) in [5.41, 5.74) is 0.550. The van der Waals surface area contributed by atoms with Gasteiger partial charge in [0.25, 0.3) is 0 Å². The Hall–Kier alpha value is -1.86. The SMILES string of the molecule is CC(CC(O)c1ccco1)NC(Cc1ccncc1)C(F)(F)F. The number of hydrogen-bond acceptors (Lipinski definition) is 4. The molecule has 0 spiro atoms. The van der Waals surface area contributed by atoms with E-state index in [9.17, 15) is 18.3 Å². The molecule has 126 valence electrons. The Kier molecular flexibility index (Phi) is 5.79. The molecule has 23 heavy (non-hydrogen) atoms. The fraction of sp³-hybridized carbons (Fsp3) is 0.438. The van der Waals surface area contributed by atoms with Crippen molar-refractivity contribution in [3.05, 3.63) is 54.2 Å². The van der Waals surface area contributed by atoms with Gasteiger partial charge >= 0.3 is 6.18 Å². The lowest BCUT2D eigenvalue weighted by Gasteiger charge is -2.26. The van der Waals surface area contributed by atoms with E-state index in [4.69, 9.17) is 4.42 Å². The molecule has 3 atom stereocenters. The Balaban J connectivity index is 1.97. The van der Waals surface area contributed by atoms with Crippen LogP contribution in [0.25, 0.3) is 0 Å². The summed E-state index contributed by atoms with van der Waals surface area (Å²) in [6.07, 6.45) is -1.04. The minimum Gasteiger partial charge on any atom is -0.467 e. The van der Waals surface area contributed by atoms with Gasteiger partial charge in [-0.2, -0.15) is 13.2 Å². The van der Waals surface area contributed by atoms with Crippen LogP contribution in [-0.2, 0) is 6.42 Å². The number of aromatic nitrogens is 1. The lowest BCUT2D eigenvalue weighted by Crippen LogP contribution is -2.48. The minimum atomic E-state index is -4.38. The number of pyridine rings is 1. The van der Waals surface area contributed by atoms with Crippen LogP contribution in [0.3, 0.4) is 0 Å². The van der Waals surface area contributed by atoms with E-state index in [1.165, 1.54) is 18.7 Å². The smallest absolute Gasteiger partial charge is 0.404 e. The average molecular weight is 328 g/mol. The number of halogens is 3. The lowest BCUT2D eigenvalue weighted by molar-refractivity contribution is -0.157. The van der Waals surface area contributed by atoms with Gasteiger partial charge in [0, 0.05) is 18.4 Å². The van der Waals surface area contributed by atoms with Gasteiger partial charge in [-0.3, -0.25) is 4.98 Å². The van der Waals surface area contributed by atoms with Crippen LogP contribution in [-0.4, -0.2) is 28.4 Å². The first kappa shape index (κ1) is 17.5. The highest BCUT2D eigenvalue weighted by molar-refractivity contribution is 5.12. The van der Waals surface area contributed by atoms with Gasteiger partial charge in [-0.05, 0) is 49.6 Å². The number of nitrogens with one attached hydrogen (secondary N) is 1. The summed E-state index contributed by atoms with van der Waals surface area (Å²) in [4.78, 5) is 3.80. The molecule has 0 fully saturated rings. The molecule has 2 N–H and O–H groups in total. The van der Waals surface area contributed by atoms with Gasteiger partial charge in [0.1, 0.15) is 17.9 Å². The van der Waals surface area contributed by atoms with Crippen molar-refractivity contribution in [1.29, 1.82) is 0 Å². The zero-order valence-corrected chi connectivity index (χ0v) is 12.6. The van der Waals surface area contributed by atoms with Crippen LogP contribution in [0.4, 0.5) is 13.2 Å². The maximum atomic E-state index is 13.2. The molecule has 2 aromatic rings. The summed E-state index contributed by atoms with van der Waals surface area (Å²) in [6.45, 7) is 1.61. The molecule has 0 aliphatic carbocycles. The van der Waals surface area contributed by atoms with E-state index >= 15 is 0 Å². The highest BCUT2D eigenvalue weighted by Crippen LogP contribution is 2.25. The van der Waals surface area contributed by atoms with Crippen LogP contribution in [0.5, 0.6) is 0 Å². The Bertz CT molecular complexity index is 573. The molecule has 0 aliphatic rings. The van der Waals surface area contributed by atoms with Crippen LogP contribution < -0.4 is 5.32 Å². The van der Waals surface area contributed by atoms with Gasteiger partial charge in [-0.1, -0.05) is 0 Å². The van der Waals surface area contributed by atoms with Crippen LogP contribution in [0, 0.1) is 0 Å². The molecule has 0 aliphatic heterocycles. The van der Waals surface area contributed by atoms with E-state index in [2.05, 4.69) is 10.3 Å². The van der Waals surface area contributed by atoms with Crippen molar-refractivity contribution >= 4 is 0 Å². The summed E-state index contributed by atoms with van der Waals surface area (Å²) in [5.74, 6) is 0.344. The number of furan rings is 1. The van der Waals surface area contributed by atoms with Crippen molar-refractivity contribution in [2.24, 2.45) is 0 Å². The number of rotatable bonds is 7. The quantitative estimate of drug-likeness (QED) is 0.819. The fourth-order valence-corrected chi connectivity index (χ4v) is 2.37. The first-order valence-corrected chi connectivity index (χ1v) is 7.29. The van der Waals surface area contributed by atoms with Crippen molar-refractivity contribution in [2.75, 3.05) is 0 Å². The summed E-state index contributed by atoms with van der Waals surface area (Å²) in [6, 6.07) is 4.10. The molecular formula is C16H19F3N2O2. The Morgan fingerprint density at radius 3 is 2.52 bits per heavy atom. The van der Waals surface area contributed by atoms with Crippen LogP contribution >= 0.6 is 0 Å². The number of aliphatic hydroxyl groups excluding tert-OH is 1. The van der Waals surface area contributed by atoms with Gasteiger partial charge in [0.05, 0.1) is 6.26 Å². The van der Waals surface area contributed by atoms with E-state index in [-0.39, 0.29) is 12.8 Å². The monoisotopic (exact) mass is 328 g/mol. The maximum Gasteiger partial charge on any atom is 0.404 e. The van der Waals surface area contributed by atoms with Crippen molar-refractivity contribution in [3.63, 3.8) is 0 Å². The largest absolute Gasteiger partial charge is 0.467 e. The number of alkyl halides is 3. The predicted octanol–water partition coefficient (Wildman–Crippen LogP) is 3.25. The van der Waals surface area contributed by atoms with Crippen molar-refractivity contribution in [2.45, 2.75) is 44.1 Å². The molecule has 2 heterocycles. The normalized spacial score (nSPS) is 16.0. The third-order valence-corrected chi connectivity index (χ3v) is 3.52. The topological polar surface area (TPSA) is 58.3 Å². The van der Waals surface area contributed by atoms with Crippen molar-refractivity contribution in [3.8, 4) is 0 Å². The van der Waals surface area contributed by atoms with E-state index in [0.29, 0.717) is 11.3 Å². The molecule has 2 rings (SSSR count). The molecule has 0 aromatic carbocycles. The molecule has 4 nitrogen and oxygen atoms in total. The van der Waals surface area contributed by atoms with Crippen molar-refractivity contribution < 1.29 is 22.7 Å². The van der Waals surface area contributed by atoms with E-state index < -0.39 is 24.4 Å². The number of hydrogen-bond donors (Lipinski definition) is 2. The van der Waals surface area contributed by atoms with Gasteiger partial charge in [0.2, 0.25) is 0 Å². The molecule has 2 aromatic heterocycles. The molecule has 0 amide bonds. The summed E-state index contributed by atoms with van der Waals surface area (Å²) >= 11 is 0. The second-order valence-corrected chi connectivity index (χ2v) is 5.49. The lowest BCUT2D eigenvalue weighted by atomic mass is 10.0.